The summed E-state index contributed by atoms with van der Waals surface area (Å²) in [6.45, 7) is 38.6. The highest BCUT2D eigenvalue weighted by molar-refractivity contribution is 7.00. The van der Waals surface area contributed by atoms with Gasteiger partial charge in [-0.25, -0.2) is 29.9 Å². The molecule has 18 rings (SSSR count). The lowest BCUT2D eigenvalue weighted by Crippen LogP contribution is -2.61. The summed E-state index contributed by atoms with van der Waals surface area (Å²) in [4.78, 5) is 36.3. The molecule has 16 aromatic rings. The van der Waals surface area contributed by atoms with Gasteiger partial charge in [-0.1, -0.05) is 337 Å². The fourth-order valence-electron chi connectivity index (χ4n) is 16.4. The quantitative estimate of drug-likeness (QED) is 0.118. The second kappa shape index (κ2) is 28.6. The van der Waals surface area contributed by atoms with E-state index in [0.717, 1.165) is 88.6 Å². The second-order valence-corrected chi connectivity index (χ2v) is 37.5. The maximum Gasteiger partial charge on any atom is 0.252 e. The third-order valence-electron chi connectivity index (χ3n) is 23.1. The summed E-state index contributed by atoms with van der Waals surface area (Å²) in [5.74, 6) is 0.134. The summed E-state index contributed by atoms with van der Waals surface area (Å²) in [5.41, 5.74) is 15.8. The normalized spacial score (nSPS) is 14.9. The molecule has 0 aliphatic carbocycles. The molecule has 9 nitrogen and oxygen atoms in total. The number of nitrogens with zero attached hydrogens (tertiary/aromatic N) is 9. The minimum absolute atomic E-state index is 0.0688. The highest BCUT2D eigenvalue weighted by Gasteiger charge is 2.46. The van der Waals surface area contributed by atoms with E-state index < -0.39 is 142 Å². The van der Waals surface area contributed by atoms with Crippen LogP contribution in [0.2, 0.25) is 0 Å². The molecule has 0 spiro atoms. The van der Waals surface area contributed by atoms with Crippen molar-refractivity contribution in [3.63, 3.8) is 0 Å². The van der Waals surface area contributed by atoms with E-state index in [2.05, 4.69) is 221 Å². The van der Waals surface area contributed by atoms with Crippen molar-refractivity contribution in [3.05, 3.63) is 324 Å². The van der Waals surface area contributed by atoms with Crippen molar-refractivity contribution < 1.29 is 20.6 Å². The van der Waals surface area contributed by atoms with E-state index in [0.29, 0.717) is 56.9 Å². The highest BCUT2D eigenvalue weighted by Crippen LogP contribution is 2.53. The Morgan fingerprint density at radius 3 is 1.02 bits per heavy atom. The average molecular weight is 1550 g/mol. The van der Waals surface area contributed by atoms with Crippen molar-refractivity contribution in [1.29, 1.82) is 0 Å². The van der Waals surface area contributed by atoms with Crippen LogP contribution in [0.5, 0.6) is 0 Å². The zero-order valence-electron chi connectivity index (χ0n) is 85.2. The summed E-state index contributed by atoms with van der Waals surface area (Å²) < 4.78 is 142. The maximum atomic E-state index is 9.79. The predicted octanol–water partition coefficient (Wildman–Crippen LogP) is 26.4. The van der Waals surface area contributed by atoms with E-state index in [-0.39, 0.29) is 33.3 Å². The minimum atomic E-state index is -0.753. The Hall–Kier alpha value is -12.7. The summed E-state index contributed by atoms with van der Waals surface area (Å²) in [5, 5.41) is 2.18. The number of rotatable bonds is 11. The van der Waals surface area contributed by atoms with Crippen molar-refractivity contribution >= 4 is 79.0 Å². The topological polar surface area (TPSA) is 88.8 Å². The van der Waals surface area contributed by atoms with Crippen LogP contribution in [0.25, 0.3) is 118 Å². The molecule has 0 saturated heterocycles. The van der Waals surface area contributed by atoms with Crippen molar-refractivity contribution in [2.45, 2.75) is 157 Å². The molecule has 582 valence electrons. The molecule has 0 N–H and O–H groups in total. The van der Waals surface area contributed by atoms with Gasteiger partial charge in [0, 0.05) is 72.6 Å². The molecule has 5 heterocycles. The Bertz CT molecular complexity index is 7270. The molecule has 0 atom stereocenters. The van der Waals surface area contributed by atoms with E-state index in [1.165, 1.54) is 11.1 Å². The van der Waals surface area contributed by atoms with Gasteiger partial charge in [-0.05, 0) is 183 Å². The molecule has 10 heteroatoms. The fraction of sp³-hybridized carbons (Fsp3) is 0.222. The summed E-state index contributed by atoms with van der Waals surface area (Å²) >= 11 is 0. The van der Waals surface area contributed by atoms with E-state index >= 15 is 0 Å². The Labute approximate surface area is 717 Å². The van der Waals surface area contributed by atoms with Crippen molar-refractivity contribution in [2.24, 2.45) is 0 Å². The first-order valence-corrected chi connectivity index (χ1v) is 40.4. The Morgan fingerprint density at radius 2 is 0.602 bits per heavy atom. The molecular formula is C108H102BN9. The SMILES string of the molecule is [2H]c1c([2H])c([2H])c(-c2ccc3c(c2)N(c2ccc(C(C)(C)C)cc2-c2nc(-c4c([2H])c([2H])c([2H])c([2H])c4[2H])nc(-c4c([2H])c([2H])c([2H])c([2H])c4[2H])n2)c2cc(-c4cc(C(C)(C)C)cc(C(C)(C)C)c4)cc4c2B3c2ccc(-n3c5ccc(C(C)(C)C)cc5c5cc(C(C)(C)C)ccc53)cc2N4c2ccc(C(C)(C)C)cc2-c2nc(-c3ccccc3)nc(-c3ccccc3)n2)c([2H])c1[2H]. The molecule has 118 heavy (non-hydrogen) atoms. The number of benzene rings is 13. The minimum Gasteiger partial charge on any atom is -0.311 e. The predicted molar refractivity (Wildman–Crippen MR) is 497 cm³/mol. The van der Waals surface area contributed by atoms with Gasteiger partial charge in [-0.15, -0.1) is 0 Å². The van der Waals surface area contributed by atoms with E-state index in [4.69, 9.17) is 39.5 Å². The van der Waals surface area contributed by atoms with Gasteiger partial charge in [0.1, 0.15) is 0 Å². The molecule has 13 aromatic carbocycles. The average Bonchev–Trinajstić information content (AvgIpc) is 1.14. The molecule has 0 fully saturated rings. The number of anilines is 6. The molecule has 0 radical (unpaired) electrons. The van der Waals surface area contributed by atoms with Gasteiger partial charge in [-0.3, -0.25) is 0 Å². The van der Waals surface area contributed by atoms with Gasteiger partial charge >= 0.3 is 0 Å². The maximum absolute atomic E-state index is 9.79. The molecule has 0 amide bonds. The summed E-state index contributed by atoms with van der Waals surface area (Å²) in [7, 11) is 0. The molecule has 2 aliphatic rings. The first-order chi connectivity index (χ1) is 62.5. The Kier molecular flexibility index (Phi) is 14.7. The van der Waals surface area contributed by atoms with Crippen LogP contribution in [0.4, 0.5) is 34.1 Å². The smallest absolute Gasteiger partial charge is 0.252 e. The molecule has 0 unspecified atom stereocenters. The van der Waals surface area contributed by atoms with Gasteiger partial charge in [0.25, 0.3) is 6.71 Å². The van der Waals surface area contributed by atoms with Crippen LogP contribution in [0.15, 0.2) is 291 Å². The summed E-state index contributed by atoms with van der Waals surface area (Å²) in [6.07, 6.45) is 0. The lowest BCUT2D eigenvalue weighted by Gasteiger charge is -2.45. The van der Waals surface area contributed by atoms with Crippen LogP contribution in [0.1, 0.15) is 179 Å². The van der Waals surface area contributed by atoms with Crippen LogP contribution in [-0.2, 0) is 32.5 Å². The van der Waals surface area contributed by atoms with E-state index in [1.807, 2.05) is 118 Å². The van der Waals surface area contributed by atoms with Gasteiger partial charge in [0.05, 0.1) is 43.0 Å². The van der Waals surface area contributed by atoms with Crippen LogP contribution in [-0.4, -0.2) is 41.2 Å². The van der Waals surface area contributed by atoms with E-state index in [1.54, 1.807) is 0 Å². The highest BCUT2D eigenvalue weighted by atomic mass is 15.2. The number of fused-ring (bicyclic) bond motifs is 7. The van der Waals surface area contributed by atoms with Gasteiger partial charge < -0.3 is 14.4 Å². The third-order valence-corrected chi connectivity index (χ3v) is 23.1. The van der Waals surface area contributed by atoms with Gasteiger partial charge in [0.15, 0.2) is 34.9 Å². The number of hydrogen-bond acceptors (Lipinski definition) is 8. The standard InChI is InChI=1S/C108H102BN9/c1-103(2,3)75-45-52-88-82(62-75)83-63-76(104(4,5)6)46-53-89(83)116(88)81-49-51-87-93(66-81)118(91-55-48-78(106(10,11)12)65-85(91)102-114-99(70-40-30-22-31-41-70)111-100(115-102)71-42-32-23-33-43-71)95-60-74(73-56-79(107(13,14)15)61-80(57-73)108(16,17)18)59-94-96(95)109(87)86-50-44-72(67-34-24-19-25-35-67)58-92(86)117(94)90-54-47-77(105(7,8)9)64-84(90)101-112-97(68-36-26-20-27-37-68)110-98(113-101)69-38-28-21-29-39-69/h19-66H,1-18H3/i19D,20D,21D,24D,25D,26D,27D,28D,29D,34D,35D,36D,37D,38D,39D. The zero-order chi connectivity index (χ0) is 95.3. The first kappa shape index (κ1) is 60.8. The van der Waals surface area contributed by atoms with Crippen LogP contribution in [0, 0.1) is 0 Å². The lowest BCUT2D eigenvalue weighted by atomic mass is 9.33. The van der Waals surface area contributed by atoms with Crippen LogP contribution < -0.4 is 26.2 Å². The molecule has 0 saturated carbocycles. The second-order valence-electron chi connectivity index (χ2n) is 37.5. The van der Waals surface area contributed by atoms with Crippen molar-refractivity contribution in [2.75, 3.05) is 9.80 Å². The largest absolute Gasteiger partial charge is 0.311 e. The summed E-state index contributed by atoms with van der Waals surface area (Å²) in [6, 6.07) is 60.1. The van der Waals surface area contributed by atoms with Crippen LogP contribution in [0.3, 0.4) is 0 Å². The monoisotopic (exact) mass is 1550 g/mol. The van der Waals surface area contributed by atoms with E-state index in [9.17, 15) is 11.0 Å². The van der Waals surface area contributed by atoms with Crippen molar-refractivity contribution in [1.82, 2.24) is 34.5 Å². The van der Waals surface area contributed by atoms with Crippen LogP contribution >= 0.6 is 0 Å². The Morgan fingerprint density at radius 1 is 0.254 bits per heavy atom. The number of hydrogen-bond donors (Lipinski definition) is 0. The number of aromatic nitrogens is 7. The Balaban J connectivity index is 1.05. The van der Waals surface area contributed by atoms with Crippen molar-refractivity contribution in [3.8, 4) is 96.3 Å². The van der Waals surface area contributed by atoms with Gasteiger partial charge in [-0.2, -0.15) is 0 Å². The molecule has 0 bridgehead atoms. The molecule has 2 aliphatic heterocycles. The molecular weight excluding hydrogens is 1430 g/mol. The lowest BCUT2D eigenvalue weighted by molar-refractivity contribution is 0.569. The third kappa shape index (κ3) is 14.1. The zero-order valence-corrected chi connectivity index (χ0v) is 70.2. The molecule has 3 aromatic heterocycles. The fourth-order valence-corrected chi connectivity index (χ4v) is 16.4. The first-order valence-electron chi connectivity index (χ1n) is 47.9. The van der Waals surface area contributed by atoms with Gasteiger partial charge in [0.2, 0.25) is 0 Å².